The zero-order chi connectivity index (χ0) is 15.5. The molecule has 4 N–H and O–H groups in total. The van der Waals surface area contributed by atoms with Gasteiger partial charge in [0, 0.05) is 41.1 Å². The summed E-state index contributed by atoms with van der Waals surface area (Å²) in [5.41, 5.74) is 8.26. The molecule has 1 aromatic heterocycles. The summed E-state index contributed by atoms with van der Waals surface area (Å²) in [6, 6.07) is 6.00. The maximum atomic E-state index is 12.0. The highest BCUT2D eigenvalue weighted by atomic mass is 35.5. The molecule has 1 heterocycles. The highest BCUT2D eigenvalue weighted by Crippen LogP contribution is 2.26. The first-order valence-corrected chi connectivity index (χ1v) is 8.29. The summed E-state index contributed by atoms with van der Waals surface area (Å²) in [5.74, 6) is 0.465. The Hall–Kier alpha value is -1.52. The number of nitrogens with two attached hydrogens (primary N) is 1. The minimum Gasteiger partial charge on any atom is -0.361 e. The zero-order valence-electron chi connectivity index (χ0n) is 12.6. The predicted molar refractivity (Wildman–Crippen MR) is 90.0 cm³/mol. The van der Waals surface area contributed by atoms with E-state index in [1.54, 1.807) is 0 Å². The van der Waals surface area contributed by atoms with Crippen molar-refractivity contribution >= 4 is 28.4 Å². The van der Waals surface area contributed by atoms with Gasteiger partial charge < -0.3 is 16.0 Å². The van der Waals surface area contributed by atoms with E-state index in [1.165, 1.54) is 5.56 Å². The molecule has 0 radical (unpaired) electrons. The standard InChI is InChI=1S/C17H22ClN3O/c18-13-4-5-16-14(9-13)12(10-21-16)6-7-20-17(22)8-11-2-1-3-15(11)19/h4-5,9-11,15,21H,1-3,6-8,19H2,(H,20,22)/t11-,15+/m0/s1. The van der Waals surface area contributed by atoms with E-state index in [2.05, 4.69) is 10.3 Å². The van der Waals surface area contributed by atoms with Gasteiger partial charge in [-0.15, -0.1) is 0 Å². The monoisotopic (exact) mass is 319 g/mol. The fraction of sp³-hybridized carbons (Fsp3) is 0.471. The van der Waals surface area contributed by atoms with E-state index in [-0.39, 0.29) is 11.9 Å². The Labute approximate surface area is 135 Å². The molecule has 22 heavy (non-hydrogen) atoms. The lowest BCUT2D eigenvalue weighted by atomic mass is 10.00. The number of amides is 1. The van der Waals surface area contributed by atoms with E-state index in [1.807, 2.05) is 24.4 Å². The Kier molecular flexibility index (Phi) is 4.69. The lowest BCUT2D eigenvalue weighted by Gasteiger charge is -2.14. The van der Waals surface area contributed by atoms with Gasteiger partial charge in [-0.2, -0.15) is 0 Å². The van der Waals surface area contributed by atoms with E-state index < -0.39 is 0 Å². The average Bonchev–Trinajstić information content (AvgIpc) is 3.06. The fourth-order valence-corrected chi connectivity index (χ4v) is 3.50. The molecule has 3 rings (SSSR count). The van der Waals surface area contributed by atoms with Crippen LogP contribution in [-0.4, -0.2) is 23.5 Å². The van der Waals surface area contributed by atoms with Crippen LogP contribution in [0.2, 0.25) is 5.02 Å². The molecule has 1 amide bonds. The first-order chi connectivity index (χ1) is 10.6. The van der Waals surface area contributed by atoms with Crippen LogP contribution in [0, 0.1) is 5.92 Å². The summed E-state index contributed by atoms with van der Waals surface area (Å²) in [4.78, 5) is 15.2. The second-order valence-corrected chi connectivity index (χ2v) is 6.60. The quantitative estimate of drug-likeness (QED) is 0.793. The normalized spacial score (nSPS) is 21.4. The summed E-state index contributed by atoms with van der Waals surface area (Å²) >= 11 is 6.05. The SMILES string of the molecule is N[C@@H]1CCC[C@H]1CC(=O)NCCc1c[nH]c2ccc(Cl)cc12. The van der Waals surface area contributed by atoms with Crippen molar-refractivity contribution in [3.05, 3.63) is 35.0 Å². The second kappa shape index (κ2) is 6.71. The Balaban J connectivity index is 1.51. The summed E-state index contributed by atoms with van der Waals surface area (Å²) in [6.45, 7) is 0.639. The number of halogens is 1. The number of hydrogen-bond donors (Lipinski definition) is 3. The molecule has 1 saturated carbocycles. The van der Waals surface area contributed by atoms with Crippen molar-refractivity contribution < 1.29 is 4.79 Å². The van der Waals surface area contributed by atoms with E-state index in [0.717, 1.165) is 41.6 Å². The highest BCUT2D eigenvalue weighted by Gasteiger charge is 2.25. The Bertz CT molecular complexity index is 667. The second-order valence-electron chi connectivity index (χ2n) is 6.16. The van der Waals surface area contributed by atoms with Crippen LogP contribution in [-0.2, 0) is 11.2 Å². The van der Waals surface area contributed by atoms with Gasteiger partial charge in [0.05, 0.1) is 0 Å². The van der Waals surface area contributed by atoms with Gasteiger partial charge in [-0.1, -0.05) is 18.0 Å². The fourth-order valence-electron chi connectivity index (χ4n) is 3.32. The molecule has 1 aliphatic rings. The van der Waals surface area contributed by atoms with Crippen molar-refractivity contribution in [1.82, 2.24) is 10.3 Å². The van der Waals surface area contributed by atoms with Crippen molar-refractivity contribution in [3.8, 4) is 0 Å². The predicted octanol–water partition coefficient (Wildman–Crippen LogP) is 3.00. The van der Waals surface area contributed by atoms with Crippen molar-refractivity contribution in [3.63, 3.8) is 0 Å². The van der Waals surface area contributed by atoms with Crippen LogP contribution in [0.15, 0.2) is 24.4 Å². The van der Waals surface area contributed by atoms with Crippen LogP contribution >= 0.6 is 11.6 Å². The number of H-pyrrole nitrogens is 1. The number of aromatic amines is 1. The topological polar surface area (TPSA) is 70.9 Å². The van der Waals surface area contributed by atoms with Crippen molar-refractivity contribution in [1.29, 1.82) is 0 Å². The lowest BCUT2D eigenvalue weighted by molar-refractivity contribution is -0.122. The molecule has 0 saturated heterocycles. The van der Waals surface area contributed by atoms with Gasteiger partial charge in [0.1, 0.15) is 0 Å². The van der Waals surface area contributed by atoms with E-state index in [4.69, 9.17) is 17.3 Å². The molecule has 5 heteroatoms. The van der Waals surface area contributed by atoms with E-state index in [0.29, 0.717) is 18.9 Å². The maximum absolute atomic E-state index is 12.0. The molecule has 4 nitrogen and oxygen atoms in total. The van der Waals surface area contributed by atoms with Crippen LogP contribution in [0.1, 0.15) is 31.2 Å². The number of aromatic nitrogens is 1. The molecule has 0 aliphatic heterocycles. The molecule has 118 valence electrons. The van der Waals surface area contributed by atoms with Crippen LogP contribution < -0.4 is 11.1 Å². The van der Waals surface area contributed by atoms with Crippen molar-refractivity contribution in [2.45, 2.75) is 38.1 Å². The highest BCUT2D eigenvalue weighted by molar-refractivity contribution is 6.31. The molecule has 0 spiro atoms. The number of carbonyl (C=O) groups is 1. The smallest absolute Gasteiger partial charge is 0.220 e. The molecule has 1 aliphatic carbocycles. The average molecular weight is 320 g/mol. The number of hydrogen-bond acceptors (Lipinski definition) is 2. The molecule has 0 bridgehead atoms. The minimum atomic E-state index is 0.111. The molecule has 2 aromatic rings. The van der Waals surface area contributed by atoms with Gasteiger partial charge in [-0.3, -0.25) is 4.79 Å². The van der Waals surface area contributed by atoms with Gasteiger partial charge in [-0.05, 0) is 48.9 Å². The number of carbonyl (C=O) groups excluding carboxylic acids is 1. The first-order valence-electron chi connectivity index (χ1n) is 7.91. The molecular weight excluding hydrogens is 298 g/mol. The van der Waals surface area contributed by atoms with Gasteiger partial charge in [0.25, 0.3) is 0 Å². The lowest BCUT2D eigenvalue weighted by Crippen LogP contribution is -2.32. The van der Waals surface area contributed by atoms with E-state index in [9.17, 15) is 4.79 Å². The van der Waals surface area contributed by atoms with Crippen molar-refractivity contribution in [2.24, 2.45) is 11.7 Å². The maximum Gasteiger partial charge on any atom is 0.220 e. The number of nitrogens with one attached hydrogen (secondary N) is 2. The summed E-state index contributed by atoms with van der Waals surface area (Å²) in [7, 11) is 0. The summed E-state index contributed by atoms with van der Waals surface area (Å²) < 4.78 is 0. The first kappa shape index (κ1) is 15.4. The molecule has 0 unspecified atom stereocenters. The van der Waals surface area contributed by atoms with Gasteiger partial charge in [-0.25, -0.2) is 0 Å². The zero-order valence-corrected chi connectivity index (χ0v) is 13.3. The van der Waals surface area contributed by atoms with E-state index >= 15 is 0 Å². The van der Waals surface area contributed by atoms with Crippen LogP contribution in [0.5, 0.6) is 0 Å². The van der Waals surface area contributed by atoms with Crippen LogP contribution in [0.25, 0.3) is 10.9 Å². The van der Waals surface area contributed by atoms with Gasteiger partial charge >= 0.3 is 0 Å². The third-order valence-electron chi connectivity index (χ3n) is 4.61. The minimum absolute atomic E-state index is 0.111. The van der Waals surface area contributed by atoms with Crippen molar-refractivity contribution in [2.75, 3.05) is 6.54 Å². The summed E-state index contributed by atoms with van der Waals surface area (Å²) in [5, 5.41) is 4.86. The van der Waals surface area contributed by atoms with Gasteiger partial charge in [0.15, 0.2) is 0 Å². The number of fused-ring (bicyclic) bond motifs is 1. The Morgan fingerprint density at radius 1 is 1.41 bits per heavy atom. The van der Waals surface area contributed by atoms with Crippen LogP contribution in [0.4, 0.5) is 0 Å². The summed E-state index contributed by atoms with van der Waals surface area (Å²) in [6.07, 6.45) is 6.61. The number of benzene rings is 1. The number of rotatable bonds is 5. The van der Waals surface area contributed by atoms with Gasteiger partial charge in [0.2, 0.25) is 5.91 Å². The molecule has 1 aromatic carbocycles. The molecule has 2 atom stereocenters. The largest absolute Gasteiger partial charge is 0.361 e. The molecular formula is C17H22ClN3O. The third-order valence-corrected chi connectivity index (χ3v) is 4.85. The third kappa shape index (κ3) is 3.45. The molecule has 1 fully saturated rings. The van der Waals surface area contributed by atoms with Crippen LogP contribution in [0.3, 0.4) is 0 Å². The Morgan fingerprint density at radius 3 is 3.05 bits per heavy atom. The Morgan fingerprint density at radius 2 is 2.27 bits per heavy atom.